The number of halogens is 1. The Balaban J connectivity index is 2.51. The van der Waals surface area contributed by atoms with E-state index in [1.54, 1.807) is 0 Å². The molecule has 0 aliphatic carbocycles. The zero-order valence-corrected chi connectivity index (χ0v) is 14.0. The largest absolute Gasteiger partial charge is 0.475 e. The van der Waals surface area contributed by atoms with Gasteiger partial charge in [0, 0.05) is 12.0 Å². The Morgan fingerprint density at radius 2 is 1.89 bits per heavy atom. The van der Waals surface area contributed by atoms with Crippen molar-refractivity contribution in [2.45, 2.75) is 71.8 Å². The second-order valence-corrected chi connectivity index (χ2v) is 6.13. The van der Waals surface area contributed by atoms with E-state index in [4.69, 9.17) is 4.74 Å². The molecule has 1 unspecified atom stereocenters. The Kier molecular flexibility index (Phi) is 7.36. The van der Waals surface area contributed by atoms with Gasteiger partial charge >= 0.3 is 0 Å². The molecule has 0 aliphatic heterocycles. The Labute approximate surface area is 125 Å². The summed E-state index contributed by atoms with van der Waals surface area (Å²) in [6.45, 7) is 8.50. The average Bonchev–Trinajstić information content (AvgIpc) is 2.34. The first-order valence-electron chi connectivity index (χ1n) is 7.24. The van der Waals surface area contributed by atoms with Crippen molar-refractivity contribution in [3.05, 3.63) is 16.5 Å². The molecule has 1 aromatic rings. The lowest BCUT2D eigenvalue weighted by molar-refractivity contribution is 0.197. The molecule has 0 saturated carbocycles. The first-order chi connectivity index (χ1) is 9.02. The molecular weight excluding hydrogens is 304 g/mol. The number of nitrogens with zero attached hydrogens (tertiary/aromatic N) is 2. The van der Waals surface area contributed by atoms with Crippen LogP contribution >= 0.6 is 15.9 Å². The Hall–Kier alpha value is -0.640. The molecule has 0 bridgehead atoms. The van der Waals surface area contributed by atoms with Crippen molar-refractivity contribution in [3.63, 3.8) is 0 Å². The maximum atomic E-state index is 5.89. The number of rotatable bonds is 8. The minimum atomic E-state index is 0.207. The van der Waals surface area contributed by atoms with Gasteiger partial charge in [-0.15, -0.1) is 0 Å². The molecule has 1 rings (SSSR count). The molecule has 0 saturated heterocycles. The van der Waals surface area contributed by atoms with Gasteiger partial charge in [0.05, 0.1) is 6.10 Å². The number of hydrogen-bond acceptors (Lipinski definition) is 3. The molecule has 19 heavy (non-hydrogen) atoms. The Bertz CT molecular complexity index is 382. The summed E-state index contributed by atoms with van der Waals surface area (Å²) in [5, 5.41) is 0. The van der Waals surface area contributed by atoms with Gasteiger partial charge in [-0.25, -0.2) is 4.98 Å². The van der Waals surface area contributed by atoms with Gasteiger partial charge in [0.15, 0.2) is 0 Å². The molecule has 1 atom stereocenters. The van der Waals surface area contributed by atoms with Gasteiger partial charge in [-0.2, -0.15) is 4.98 Å². The van der Waals surface area contributed by atoms with E-state index in [9.17, 15) is 0 Å². The summed E-state index contributed by atoms with van der Waals surface area (Å²) < 4.78 is 6.68. The second kappa shape index (κ2) is 8.51. The van der Waals surface area contributed by atoms with Crippen LogP contribution in [0.15, 0.2) is 10.7 Å². The van der Waals surface area contributed by atoms with E-state index in [1.807, 2.05) is 6.07 Å². The maximum absolute atomic E-state index is 5.89. The third-order valence-electron chi connectivity index (χ3n) is 2.99. The highest BCUT2D eigenvalue weighted by Crippen LogP contribution is 2.20. The molecule has 1 aromatic heterocycles. The Morgan fingerprint density at radius 1 is 1.16 bits per heavy atom. The predicted molar refractivity (Wildman–Crippen MR) is 82.7 cm³/mol. The van der Waals surface area contributed by atoms with Gasteiger partial charge < -0.3 is 4.74 Å². The van der Waals surface area contributed by atoms with Crippen molar-refractivity contribution in [1.29, 1.82) is 0 Å². The van der Waals surface area contributed by atoms with Crippen molar-refractivity contribution in [2.75, 3.05) is 0 Å². The monoisotopic (exact) mass is 328 g/mol. The summed E-state index contributed by atoms with van der Waals surface area (Å²) >= 11 is 3.41. The molecule has 0 spiro atoms. The van der Waals surface area contributed by atoms with Crippen molar-refractivity contribution in [2.24, 2.45) is 0 Å². The van der Waals surface area contributed by atoms with Crippen LogP contribution in [0.5, 0.6) is 5.88 Å². The molecule has 3 nitrogen and oxygen atoms in total. The lowest BCUT2D eigenvalue weighted by Gasteiger charge is -2.15. The van der Waals surface area contributed by atoms with E-state index in [0.717, 1.165) is 16.8 Å². The third-order valence-corrected chi connectivity index (χ3v) is 3.40. The van der Waals surface area contributed by atoms with E-state index in [-0.39, 0.29) is 6.10 Å². The van der Waals surface area contributed by atoms with Gasteiger partial charge in [0.2, 0.25) is 5.88 Å². The van der Waals surface area contributed by atoms with E-state index < -0.39 is 0 Å². The predicted octanol–water partition coefficient (Wildman–Crippen LogP) is 5.10. The topological polar surface area (TPSA) is 35.0 Å². The number of aromatic nitrogens is 2. The summed E-state index contributed by atoms with van der Waals surface area (Å²) in [4.78, 5) is 8.81. The summed E-state index contributed by atoms with van der Waals surface area (Å²) in [5.41, 5.74) is 0. The standard InChI is InChI=1S/C15H25BrN2O/c1-5-6-7-8-9-12(4)19-14-10-13(16)17-15(18-14)11(2)3/h10-12H,5-9H2,1-4H3. The Morgan fingerprint density at radius 3 is 2.53 bits per heavy atom. The summed E-state index contributed by atoms with van der Waals surface area (Å²) in [6.07, 6.45) is 6.37. The SMILES string of the molecule is CCCCCCC(C)Oc1cc(Br)nc(C(C)C)n1. The summed E-state index contributed by atoms with van der Waals surface area (Å²) in [5.74, 6) is 1.80. The zero-order chi connectivity index (χ0) is 14.3. The van der Waals surface area contributed by atoms with Gasteiger partial charge in [-0.05, 0) is 35.7 Å². The second-order valence-electron chi connectivity index (χ2n) is 5.32. The highest BCUT2D eigenvalue weighted by molar-refractivity contribution is 9.10. The summed E-state index contributed by atoms with van der Waals surface area (Å²) in [7, 11) is 0. The van der Waals surface area contributed by atoms with Crippen LogP contribution < -0.4 is 4.74 Å². The van der Waals surface area contributed by atoms with Crippen LogP contribution in [0.1, 0.15) is 71.5 Å². The lowest BCUT2D eigenvalue weighted by Crippen LogP contribution is -2.13. The van der Waals surface area contributed by atoms with E-state index in [0.29, 0.717) is 11.8 Å². The third kappa shape index (κ3) is 6.37. The van der Waals surface area contributed by atoms with Crippen molar-refractivity contribution in [3.8, 4) is 5.88 Å². The van der Waals surface area contributed by atoms with Crippen molar-refractivity contribution in [1.82, 2.24) is 9.97 Å². The van der Waals surface area contributed by atoms with Crippen LogP contribution in [0.4, 0.5) is 0 Å². The molecule has 0 N–H and O–H groups in total. The first kappa shape index (κ1) is 16.4. The van der Waals surface area contributed by atoms with Crippen LogP contribution in [0.2, 0.25) is 0 Å². The summed E-state index contributed by atoms with van der Waals surface area (Å²) in [6, 6.07) is 1.84. The molecule has 0 fully saturated rings. The molecule has 4 heteroatoms. The minimum Gasteiger partial charge on any atom is -0.475 e. The van der Waals surface area contributed by atoms with Crippen molar-refractivity contribution < 1.29 is 4.74 Å². The minimum absolute atomic E-state index is 0.207. The van der Waals surface area contributed by atoms with Crippen molar-refractivity contribution >= 4 is 15.9 Å². The highest BCUT2D eigenvalue weighted by atomic mass is 79.9. The fourth-order valence-electron chi connectivity index (χ4n) is 1.86. The fraction of sp³-hybridized carbons (Fsp3) is 0.733. The van der Waals surface area contributed by atoms with Crippen LogP contribution in [0.3, 0.4) is 0 Å². The van der Waals surface area contributed by atoms with Gasteiger partial charge in [-0.1, -0.05) is 40.0 Å². The number of unbranched alkanes of at least 4 members (excludes halogenated alkanes) is 3. The molecule has 0 aromatic carbocycles. The maximum Gasteiger partial charge on any atom is 0.217 e. The van der Waals surface area contributed by atoms with Crippen LogP contribution in [-0.2, 0) is 0 Å². The van der Waals surface area contributed by atoms with Crippen LogP contribution in [-0.4, -0.2) is 16.1 Å². The molecule has 0 aliphatic rings. The number of hydrogen-bond donors (Lipinski definition) is 0. The zero-order valence-electron chi connectivity index (χ0n) is 12.4. The fourth-order valence-corrected chi connectivity index (χ4v) is 2.23. The van der Waals surface area contributed by atoms with Crippen LogP contribution in [0, 0.1) is 0 Å². The van der Waals surface area contributed by atoms with Crippen LogP contribution in [0.25, 0.3) is 0 Å². The first-order valence-corrected chi connectivity index (χ1v) is 8.03. The highest BCUT2D eigenvalue weighted by Gasteiger charge is 2.10. The molecule has 0 radical (unpaired) electrons. The van der Waals surface area contributed by atoms with E-state index in [2.05, 4.69) is 53.6 Å². The van der Waals surface area contributed by atoms with E-state index in [1.165, 1.54) is 25.7 Å². The van der Waals surface area contributed by atoms with Gasteiger partial charge in [0.25, 0.3) is 0 Å². The van der Waals surface area contributed by atoms with E-state index >= 15 is 0 Å². The van der Waals surface area contributed by atoms with Gasteiger partial charge in [0.1, 0.15) is 10.4 Å². The number of ether oxygens (including phenoxy) is 1. The lowest BCUT2D eigenvalue weighted by atomic mass is 10.1. The molecular formula is C15H25BrN2O. The molecule has 1 heterocycles. The normalized spacial score (nSPS) is 12.7. The molecule has 0 amide bonds. The average molecular weight is 329 g/mol. The van der Waals surface area contributed by atoms with Gasteiger partial charge in [-0.3, -0.25) is 0 Å². The quantitative estimate of drug-likeness (QED) is 0.491. The molecule has 108 valence electrons. The smallest absolute Gasteiger partial charge is 0.217 e.